The maximum atomic E-state index is 12.7. The van der Waals surface area contributed by atoms with Crippen molar-refractivity contribution in [3.05, 3.63) is 65.2 Å². The number of hydrogen-bond acceptors (Lipinski definition) is 7. The van der Waals surface area contributed by atoms with Gasteiger partial charge >= 0.3 is 12.1 Å². The molecule has 1 unspecified atom stereocenters. The summed E-state index contributed by atoms with van der Waals surface area (Å²) in [6.45, 7) is 7.61. The number of carbonyl (C=O) groups is 3. The van der Waals surface area contributed by atoms with Gasteiger partial charge in [-0.25, -0.2) is 14.6 Å². The molecule has 0 saturated carbocycles. The van der Waals surface area contributed by atoms with E-state index >= 15 is 0 Å². The minimum absolute atomic E-state index is 0.0323. The van der Waals surface area contributed by atoms with Crippen LogP contribution in [0.3, 0.4) is 0 Å². The van der Waals surface area contributed by atoms with E-state index in [1.165, 1.54) is 26.4 Å². The van der Waals surface area contributed by atoms with Crippen molar-refractivity contribution in [2.24, 2.45) is 10.7 Å². The van der Waals surface area contributed by atoms with Crippen molar-refractivity contribution in [3.8, 4) is 0 Å². The molecule has 10 heteroatoms. The maximum Gasteiger partial charge on any atom is 0.408 e. The van der Waals surface area contributed by atoms with E-state index in [1.54, 1.807) is 45.0 Å². The van der Waals surface area contributed by atoms with Crippen LogP contribution < -0.4 is 21.3 Å². The lowest BCUT2D eigenvalue weighted by Crippen LogP contribution is -2.45. The lowest BCUT2D eigenvalue weighted by atomic mass is 10.0. The normalized spacial score (nSPS) is 14.8. The molecule has 1 aliphatic heterocycles. The first-order valence-corrected chi connectivity index (χ1v) is 13.2. The average Bonchev–Trinajstić information content (AvgIpc) is 2.91. The zero-order valence-electron chi connectivity index (χ0n) is 23.2. The minimum Gasteiger partial charge on any atom is -0.467 e. The number of nitrogens with two attached hydrogens (primary N) is 1. The second kappa shape index (κ2) is 13.6. The van der Waals surface area contributed by atoms with Gasteiger partial charge in [-0.2, -0.15) is 0 Å². The highest BCUT2D eigenvalue weighted by Gasteiger charge is 2.25. The number of para-hydroxylation sites is 1. The number of piperidine rings is 1. The van der Waals surface area contributed by atoms with Crippen molar-refractivity contribution in [3.63, 3.8) is 0 Å². The molecule has 1 atom stereocenters. The molecular formula is C29H39N5O5. The number of esters is 1. The van der Waals surface area contributed by atoms with E-state index < -0.39 is 29.6 Å². The number of carbonyl (C=O) groups excluding carboxylic acids is 3. The number of nitrogens with zero attached hydrogens (tertiary/aromatic N) is 2. The highest BCUT2D eigenvalue weighted by molar-refractivity contribution is 6.05. The molecule has 1 fully saturated rings. The number of aliphatic imine (C=N–C) groups is 1. The summed E-state index contributed by atoms with van der Waals surface area (Å²) in [5, 5.41) is 5.17. The predicted molar refractivity (Wildman–Crippen MR) is 151 cm³/mol. The minimum atomic E-state index is -0.944. The number of nitrogens with one attached hydrogen (secondary N) is 2. The summed E-state index contributed by atoms with van der Waals surface area (Å²) in [6.07, 6.45) is 3.05. The SMILES string of the molecule is COC(=O)C(Cc1ccc(C(=O)NC(N)=NCc2ccccc2N2CCCCC2)cc1)NC(=O)OC(C)(C)C. The summed E-state index contributed by atoms with van der Waals surface area (Å²) in [5.41, 5.74) is 8.62. The van der Waals surface area contributed by atoms with E-state index in [9.17, 15) is 14.4 Å². The Kier molecular flexibility index (Phi) is 10.3. The van der Waals surface area contributed by atoms with Crippen LogP contribution in [0.1, 0.15) is 61.5 Å². The Balaban J connectivity index is 1.59. The molecule has 0 aliphatic carbocycles. The Morgan fingerprint density at radius 1 is 1.03 bits per heavy atom. The molecule has 1 saturated heterocycles. The Labute approximate surface area is 229 Å². The third-order valence-corrected chi connectivity index (χ3v) is 6.18. The molecule has 2 aromatic carbocycles. The Morgan fingerprint density at radius 3 is 2.33 bits per heavy atom. The highest BCUT2D eigenvalue weighted by atomic mass is 16.6. The average molecular weight is 538 g/mol. The molecular weight excluding hydrogens is 498 g/mol. The number of rotatable bonds is 8. The zero-order chi connectivity index (χ0) is 28.4. The predicted octanol–water partition coefficient (Wildman–Crippen LogP) is 3.53. The number of ether oxygens (including phenoxy) is 2. The van der Waals surface area contributed by atoms with Gasteiger partial charge in [0.25, 0.3) is 5.91 Å². The summed E-state index contributed by atoms with van der Waals surface area (Å²) >= 11 is 0. The quantitative estimate of drug-likeness (QED) is 0.266. The Morgan fingerprint density at radius 2 is 1.69 bits per heavy atom. The number of amides is 2. The fourth-order valence-electron chi connectivity index (χ4n) is 4.30. The summed E-state index contributed by atoms with van der Waals surface area (Å²) in [7, 11) is 1.25. The summed E-state index contributed by atoms with van der Waals surface area (Å²) in [6, 6.07) is 13.8. The third-order valence-electron chi connectivity index (χ3n) is 6.18. The van der Waals surface area contributed by atoms with Gasteiger partial charge in [0.05, 0.1) is 13.7 Å². The fourth-order valence-corrected chi connectivity index (χ4v) is 4.30. The first-order chi connectivity index (χ1) is 18.6. The van der Waals surface area contributed by atoms with Crippen LogP contribution in [-0.2, 0) is 27.2 Å². The molecule has 10 nitrogen and oxygen atoms in total. The molecule has 3 rings (SSSR count). The second-order valence-electron chi connectivity index (χ2n) is 10.5. The van der Waals surface area contributed by atoms with Crippen LogP contribution in [0.5, 0.6) is 0 Å². The lowest BCUT2D eigenvalue weighted by molar-refractivity contribution is -0.143. The number of alkyl carbamates (subject to hydrolysis) is 1. The van der Waals surface area contributed by atoms with Crippen LogP contribution in [0.25, 0.3) is 0 Å². The molecule has 0 spiro atoms. The van der Waals surface area contributed by atoms with Crippen molar-refractivity contribution < 1.29 is 23.9 Å². The standard InChI is InChI=1S/C29H39N5O5/c1-29(2,3)39-28(37)32-23(26(36)38-4)18-20-12-14-21(15-13-20)25(35)33-27(30)31-19-22-10-6-7-11-24(22)34-16-8-5-9-17-34/h6-7,10-15,23H,5,8-9,16-19H2,1-4H3,(H,32,37)(H3,30,31,33,35). The van der Waals surface area contributed by atoms with E-state index in [1.807, 2.05) is 18.2 Å². The summed E-state index contributed by atoms with van der Waals surface area (Å²) < 4.78 is 10.1. The number of anilines is 1. The largest absolute Gasteiger partial charge is 0.467 e. The monoisotopic (exact) mass is 537 g/mol. The molecule has 210 valence electrons. The highest BCUT2D eigenvalue weighted by Crippen LogP contribution is 2.24. The molecule has 1 heterocycles. The topological polar surface area (TPSA) is 135 Å². The van der Waals surface area contributed by atoms with E-state index in [0.717, 1.165) is 24.3 Å². The van der Waals surface area contributed by atoms with Crippen LogP contribution >= 0.6 is 0 Å². The first-order valence-electron chi connectivity index (χ1n) is 13.2. The second-order valence-corrected chi connectivity index (χ2v) is 10.5. The fraction of sp³-hybridized carbons (Fsp3) is 0.448. The summed E-state index contributed by atoms with van der Waals surface area (Å²) in [4.78, 5) is 43.8. The molecule has 0 radical (unpaired) electrons. The van der Waals surface area contributed by atoms with Crippen LogP contribution in [0.4, 0.5) is 10.5 Å². The van der Waals surface area contributed by atoms with Gasteiger partial charge in [0.1, 0.15) is 11.6 Å². The van der Waals surface area contributed by atoms with Crippen LogP contribution in [-0.4, -0.2) is 55.8 Å². The van der Waals surface area contributed by atoms with Crippen molar-refractivity contribution in [1.29, 1.82) is 0 Å². The van der Waals surface area contributed by atoms with Crippen LogP contribution in [0.15, 0.2) is 53.5 Å². The smallest absolute Gasteiger partial charge is 0.408 e. The van der Waals surface area contributed by atoms with Crippen molar-refractivity contribution in [2.75, 3.05) is 25.1 Å². The molecule has 0 aromatic heterocycles. The van der Waals surface area contributed by atoms with Gasteiger partial charge in [-0.1, -0.05) is 30.3 Å². The molecule has 39 heavy (non-hydrogen) atoms. The third kappa shape index (κ3) is 9.31. The van der Waals surface area contributed by atoms with Gasteiger partial charge in [-0.15, -0.1) is 0 Å². The molecule has 2 aromatic rings. The Bertz CT molecular complexity index is 1170. The van der Waals surface area contributed by atoms with E-state index in [-0.39, 0.29) is 12.4 Å². The maximum absolute atomic E-state index is 12.7. The van der Waals surface area contributed by atoms with Gasteiger partial charge < -0.3 is 25.4 Å². The van der Waals surface area contributed by atoms with E-state index in [4.69, 9.17) is 15.2 Å². The van der Waals surface area contributed by atoms with Crippen LogP contribution in [0, 0.1) is 0 Å². The summed E-state index contributed by atoms with van der Waals surface area (Å²) in [5.74, 6) is -0.970. The number of benzene rings is 2. The van der Waals surface area contributed by atoms with Crippen molar-refractivity contribution in [1.82, 2.24) is 10.6 Å². The molecule has 2 amide bonds. The van der Waals surface area contributed by atoms with E-state index in [2.05, 4.69) is 26.6 Å². The first kappa shape index (κ1) is 29.5. The van der Waals surface area contributed by atoms with Gasteiger partial charge in [-0.3, -0.25) is 10.1 Å². The van der Waals surface area contributed by atoms with Gasteiger partial charge in [0.2, 0.25) is 0 Å². The molecule has 4 N–H and O–H groups in total. The van der Waals surface area contributed by atoms with Crippen molar-refractivity contribution >= 4 is 29.6 Å². The Hall–Kier alpha value is -4.08. The van der Waals surface area contributed by atoms with Gasteiger partial charge in [-0.05, 0) is 69.4 Å². The molecule has 1 aliphatic rings. The van der Waals surface area contributed by atoms with E-state index in [0.29, 0.717) is 17.7 Å². The van der Waals surface area contributed by atoms with Crippen LogP contribution in [0.2, 0.25) is 0 Å². The van der Waals surface area contributed by atoms with Gasteiger partial charge in [0, 0.05) is 30.8 Å². The van der Waals surface area contributed by atoms with Crippen molar-refractivity contribution in [2.45, 2.75) is 64.6 Å². The number of hydrogen-bond donors (Lipinski definition) is 3. The molecule has 0 bridgehead atoms. The zero-order valence-corrected chi connectivity index (χ0v) is 23.2. The number of guanidine groups is 1. The number of methoxy groups -OCH3 is 1. The lowest BCUT2D eigenvalue weighted by Gasteiger charge is -2.30. The van der Waals surface area contributed by atoms with Gasteiger partial charge in [0.15, 0.2) is 5.96 Å².